The molecule has 0 aliphatic heterocycles. The summed E-state index contributed by atoms with van der Waals surface area (Å²) in [6.07, 6.45) is 0.730. The Hall–Kier alpha value is -1.79. The molecule has 1 unspecified atom stereocenters. The Morgan fingerprint density at radius 2 is 1.75 bits per heavy atom. The van der Waals surface area contributed by atoms with Gasteiger partial charge in [-0.3, -0.25) is 9.59 Å². The Morgan fingerprint density at radius 1 is 1.07 bits per heavy atom. The minimum absolute atomic E-state index is 0.00297. The quantitative estimate of drug-likeness (QED) is 0.573. The Bertz CT molecular complexity index is 753. The second kappa shape index (κ2) is 11.9. The van der Waals surface area contributed by atoms with Gasteiger partial charge < -0.3 is 10.2 Å². The number of likely N-dealkylation sites (N-methyl/N-ethyl adjacent to an activating group) is 1. The molecule has 1 N–H and O–H groups in total. The number of halogens is 1. The molecule has 2 aromatic carbocycles. The van der Waals surface area contributed by atoms with Gasteiger partial charge in [0.2, 0.25) is 11.8 Å². The summed E-state index contributed by atoms with van der Waals surface area (Å²) in [7, 11) is 0. The van der Waals surface area contributed by atoms with Gasteiger partial charge in [-0.15, -0.1) is 11.8 Å². The predicted molar refractivity (Wildman–Crippen MR) is 120 cm³/mol. The van der Waals surface area contributed by atoms with E-state index in [1.807, 2.05) is 61.5 Å². The third kappa shape index (κ3) is 7.32. The van der Waals surface area contributed by atoms with Gasteiger partial charge in [0, 0.05) is 23.3 Å². The van der Waals surface area contributed by atoms with Gasteiger partial charge in [-0.05, 0) is 43.5 Å². The predicted octanol–water partition coefficient (Wildman–Crippen LogP) is 4.28. The third-order valence-electron chi connectivity index (χ3n) is 4.41. The highest BCUT2D eigenvalue weighted by Gasteiger charge is 2.25. The molecule has 6 heteroatoms. The van der Waals surface area contributed by atoms with Crippen molar-refractivity contribution in [1.82, 2.24) is 10.2 Å². The molecule has 0 bridgehead atoms. The van der Waals surface area contributed by atoms with Crippen molar-refractivity contribution in [2.24, 2.45) is 0 Å². The van der Waals surface area contributed by atoms with Crippen molar-refractivity contribution in [3.63, 3.8) is 0 Å². The van der Waals surface area contributed by atoms with E-state index in [2.05, 4.69) is 21.2 Å². The number of amides is 2. The summed E-state index contributed by atoms with van der Waals surface area (Å²) >= 11 is 5.00. The van der Waals surface area contributed by atoms with Crippen LogP contribution in [0.5, 0.6) is 0 Å². The number of nitrogens with zero attached hydrogens (tertiary/aromatic N) is 1. The maximum Gasteiger partial charge on any atom is 0.242 e. The molecule has 2 rings (SSSR count). The van der Waals surface area contributed by atoms with E-state index in [4.69, 9.17) is 0 Å². The zero-order chi connectivity index (χ0) is 20.4. The van der Waals surface area contributed by atoms with Gasteiger partial charge in [0.25, 0.3) is 0 Å². The first-order chi connectivity index (χ1) is 13.5. The molecular formula is C22H27BrN2O2S. The number of hydrogen-bond acceptors (Lipinski definition) is 3. The number of benzene rings is 2. The van der Waals surface area contributed by atoms with E-state index in [9.17, 15) is 9.59 Å². The Labute approximate surface area is 180 Å². The Kier molecular flexibility index (Phi) is 9.58. The van der Waals surface area contributed by atoms with Gasteiger partial charge >= 0.3 is 0 Å². The maximum atomic E-state index is 12.9. The summed E-state index contributed by atoms with van der Waals surface area (Å²) in [5.41, 5.74) is 2.33. The first-order valence-electron chi connectivity index (χ1n) is 9.44. The van der Waals surface area contributed by atoms with E-state index < -0.39 is 6.04 Å². The number of hydrogen-bond donors (Lipinski definition) is 1. The number of carbonyl (C=O) groups excluding carboxylic acids is 2. The topological polar surface area (TPSA) is 49.4 Å². The van der Waals surface area contributed by atoms with Crippen LogP contribution in [0.4, 0.5) is 0 Å². The van der Waals surface area contributed by atoms with Crippen molar-refractivity contribution in [3.8, 4) is 0 Å². The van der Waals surface area contributed by atoms with Crippen molar-refractivity contribution in [3.05, 3.63) is 70.2 Å². The van der Waals surface area contributed by atoms with Gasteiger partial charge in [-0.1, -0.05) is 58.4 Å². The van der Waals surface area contributed by atoms with Crippen LogP contribution in [0.2, 0.25) is 0 Å². The molecule has 0 saturated heterocycles. The second-order valence-corrected chi connectivity index (χ2v) is 8.41. The van der Waals surface area contributed by atoms with E-state index in [1.165, 1.54) is 5.56 Å². The molecule has 0 radical (unpaired) electrons. The van der Waals surface area contributed by atoms with Crippen molar-refractivity contribution in [2.75, 3.05) is 18.8 Å². The van der Waals surface area contributed by atoms with Crippen LogP contribution >= 0.6 is 27.7 Å². The zero-order valence-corrected chi connectivity index (χ0v) is 18.8. The standard InChI is InChI=1S/C22H27BrN2O2S/c1-3-24-22(27)17(2)25(14-13-18-7-5-4-6-8-18)21(26)16-28-15-19-9-11-20(23)12-10-19/h4-12,17H,3,13-16H2,1-2H3,(H,24,27). The minimum Gasteiger partial charge on any atom is -0.355 e. The molecule has 4 nitrogen and oxygen atoms in total. The van der Waals surface area contributed by atoms with Crippen molar-refractivity contribution < 1.29 is 9.59 Å². The van der Waals surface area contributed by atoms with Gasteiger partial charge in [-0.25, -0.2) is 0 Å². The van der Waals surface area contributed by atoms with Crippen LogP contribution in [0.1, 0.15) is 25.0 Å². The largest absolute Gasteiger partial charge is 0.355 e. The van der Waals surface area contributed by atoms with Gasteiger partial charge in [0.15, 0.2) is 0 Å². The molecule has 0 aliphatic rings. The Balaban J connectivity index is 1.96. The summed E-state index contributed by atoms with van der Waals surface area (Å²) in [6.45, 7) is 4.77. The number of rotatable bonds is 10. The summed E-state index contributed by atoms with van der Waals surface area (Å²) in [6, 6.07) is 17.7. The van der Waals surface area contributed by atoms with E-state index >= 15 is 0 Å². The third-order valence-corrected chi connectivity index (χ3v) is 5.93. The van der Waals surface area contributed by atoms with E-state index in [0.717, 1.165) is 22.2 Å². The lowest BCUT2D eigenvalue weighted by molar-refractivity contribution is -0.137. The van der Waals surface area contributed by atoms with Crippen LogP contribution in [-0.2, 0) is 21.8 Å². The lowest BCUT2D eigenvalue weighted by Crippen LogP contribution is -2.49. The average Bonchev–Trinajstić information content (AvgIpc) is 2.70. The van der Waals surface area contributed by atoms with Crippen LogP contribution in [0, 0.1) is 0 Å². The zero-order valence-electron chi connectivity index (χ0n) is 16.4. The van der Waals surface area contributed by atoms with Crippen molar-refractivity contribution in [1.29, 1.82) is 0 Å². The van der Waals surface area contributed by atoms with E-state index in [1.54, 1.807) is 23.6 Å². The van der Waals surface area contributed by atoms with Crippen molar-refractivity contribution >= 4 is 39.5 Å². The smallest absolute Gasteiger partial charge is 0.242 e. The van der Waals surface area contributed by atoms with Crippen LogP contribution < -0.4 is 5.32 Å². The molecule has 2 amide bonds. The van der Waals surface area contributed by atoms with E-state index in [0.29, 0.717) is 18.8 Å². The minimum atomic E-state index is -0.482. The van der Waals surface area contributed by atoms with Gasteiger partial charge in [-0.2, -0.15) is 0 Å². The summed E-state index contributed by atoms with van der Waals surface area (Å²) in [5, 5.41) is 2.82. The van der Waals surface area contributed by atoms with Gasteiger partial charge in [0.1, 0.15) is 6.04 Å². The molecule has 1 atom stereocenters. The maximum absolute atomic E-state index is 12.9. The number of carbonyl (C=O) groups is 2. The highest BCUT2D eigenvalue weighted by molar-refractivity contribution is 9.10. The van der Waals surface area contributed by atoms with Crippen molar-refractivity contribution in [2.45, 2.75) is 32.1 Å². The molecule has 2 aromatic rings. The average molecular weight is 463 g/mol. The van der Waals surface area contributed by atoms with Crippen LogP contribution in [0.15, 0.2) is 59.1 Å². The fourth-order valence-corrected chi connectivity index (χ4v) is 3.95. The molecule has 0 saturated carbocycles. The molecule has 150 valence electrons. The normalized spacial score (nSPS) is 11.7. The molecular weight excluding hydrogens is 436 g/mol. The molecule has 0 aliphatic carbocycles. The van der Waals surface area contributed by atoms with E-state index in [-0.39, 0.29) is 11.8 Å². The molecule has 0 spiro atoms. The van der Waals surface area contributed by atoms with Crippen LogP contribution in [0.3, 0.4) is 0 Å². The fraction of sp³-hybridized carbons (Fsp3) is 0.364. The fourth-order valence-electron chi connectivity index (χ4n) is 2.81. The SMILES string of the molecule is CCNC(=O)C(C)N(CCc1ccccc1)C(=O)CSCc1ccc(Br)cc1. The first kappa shape index (κ1) is 22.5. The lowest BCUT2D eigenvalue weighted by atomic mass is 10.1. The molecule has 0 heterocycles. The Morgan fingerprint density at radius 3 is 2.39 bits per heavy atom. The molecule has 28 heavy (non-hydrogen) atoms. The molecule has 0 fully saturated rings. The lowest BCUT2D eigenvalue weighted by Gasteiger charge is -2.28. The van der Waals surface area contributed by atoms with Crippen LogP contribution in [-0.4, -0.2) is 41.6 Å². The number of nitrogens with one attached hydrogen (secondary N) is 1. The van der Waals surface area contributed by atoms with Gasteiger partial charge in [0.05, 0.1) is 5.75 Å². The summed E-state index contributed by atoms with van der Waals surface area (Å²) < 4.78 is 1.04. The second-order valence-electron chi connectivity index (χ2n) is 6.51. The highest BCUT2D eigenvalue weighted by Crippen LogP contribution is 2.17. The highest BCUT2D eigenvalue weighted by atomic mass is 79.9. The summed E-state index contributed by atoms with van der Waals surface area (Å²) in [5.74, 6) is 1.01. The first-order valence-corrected chi connectivity index (χ1v) is 11.4. The monoisotopic (exact) mass is 462 g/mol. The number of thioether (sulfide) groups is 1. The molecule has 0 aromatic heterocycles. The summed E-state index contributed by atoms with van der Waals surface area (Å²) in [4.78, 5) is 26.9. The van der Waals surface area contributed by atoms with Crippen LogP contribution in [0.25, 0.3) is 0 Å².